The minimum absolute atomic E-state index is 0.00252. The van der Waals surface area contributed by atoms with E-state index in [-0.39, 0.29) is 18.9 Å². The molecule has 0 aliphatic heterocycles. The number of amidine groups is 1. The molecule has 7 heteroatoms. The highest BCUT2D eigenvalue weighted by molar-refractivity contribution is 6.37. The second-order valence-corrected chi connectivity index (χ2v) is 2.30. The van der Waals surface area contributed by atoms with Crippen molar-refractivity contribution in [2.75, 3.05) is 13.1 Å². The molecule has 0 saturated heterocycles. The third kappa shape index (κ3) is 3.63. The zero-order chi connectivity index (χ0) is 10.4. The number of nitrogens with two attached hydrogens (primary N) is 4. The summed E-state index contributed by atoms with van der Waals surface area (Å²) >= 11 is 0. The minimum Gasteiger partial charge on any atom is -0.386 e. The van der Waals surface area contributed by atoms with Crippen LogP contribution in [0.3, 0.4) is 0 Å². The van der Waals surface area contributed by atoms with Crippen LogP contribution in [0, 0.1) is 0 Å². The van der Waals surface area contributed by atoms with Crippen LogP contribution in [0.2, 0.25) is 0 Å². The predicted molar refractivity (Wildman–Crippen MR) is 47.7 cm³/mol. The van der Waals surface area contributed by atoms with E-state index in [1.54, 1.807) is 0 Å². The van der Waals surface area contributed by atoms with Crippen molar-refractivity contribution in [2.45, 2.75) is 6.04 Å². The summed E-state index contributed by atoms with van der Waals surface area (Å²) in [7, 11) is 0. The monoisotopic (exact) mass is 187 g/mol. The van der Waals surface area contributed by atoms with Crippen LogP contribution in [0.4, 0.5) is 0 Å². The standard InChI is InChI=1S/C6H13N5O2/c7-1-3(5(12)6(10)13)11-4(9)2-8/h3H,1-2,7-8H2,(H2,9,11)(H2,10,13). The molecule has 0 fully saturated rings. The molecule has 8 N–H and O–H groups in total. The lowest BCUT2D eigenvalue weighted by molar-refractivity contribution is -0.136. The lowest BCUT2D eigenvalue weighted by Crippen LogP contribution is -2.39. The van der Waals surface area contributed by atoms with Gasteiger partial charge >= 0.3 is 0 Å². The van der Waals surface area contributed by atoms with E-state index >= 15 is 0 Å². The number of nitrogens with zero attached hydrogens (tertiary/aromatic N) is 1. The Bertz CT molecular complexity index is 237. The molecule has 0 aromatic heterocycles. The molecule has 0 aliphatic rings. The fraction of sp³-hybridized carbons (Fsp3) is 0.500. The van der Waals surface area contributed by atoms with Gasteiger partial charge in [0.25, 0.3) is 5.91 Å². The average molecular weight is 187 g/mol. The third-order valence-corrected chi connectivity index (χ3v) is 1.30. The lowest BCUT2D eigenvalue weighted by Gasteiger charge is -2.06. The maximum Gasteiger partial charge on any atom is 0.287 e. The van der Waals surface area contributed by atoms with Crippen molar-refractivity contribution in [3.05, 3.63) is 0 Å². The molecule has 13 heavy (non-hydrogen) atoms. The van der Waals surface area contributed by atoms with E-state index < -0.39 is 17.7 Å². The third-order valence-electron chi connectivity index (χ3n) is 1.30. The Kier molecular flexibility index (Phi) is 4.63. The summed E-state index contributed by atoms with van der Waals surface area (Å²) < 4.78 is 0. The maximum absolute atomic E-state index is 11.0. The van der Waals surface area contributed by atoms with Crippen LogP contribution >= 0.6 is 0 Å². The molecule has 74 valence electrons. The molecule has 0 spiro atoms. The zero-order valence-electron chi connectivity index (χ0n) is 7.06. The lowest BCUT2D eigenvalue weighted by atomic mass is 10.2. The molecule has 0 aliphatic carbocycles. The van der Waals surface area contributed by atoms with E-state index in [0.29, 0.717) is 0 Å². The van der Waals surface area contributed by atoms with Crippen LogP contribution in [0.1, 0.15) is 0 Å². The van der Waals surface area contributed by atoms with Crippen LogP contribution in [0.5, 0.6) is 0 Å². The highest BCUT2D eigenvalue weighted by Crippen LogP contribution is 1.90. The minimum atomic E-state index is -1.08. The van der Waals surface area contributed by atoms with Gasteiger partial charge in [-0.3, -0.25) is 14.6 Å². The van der Waals surface area contributed by atoms with Crippen LogP contribution in [0.25, 0.3) is 0 Å². The van der Waals surface area contributed by atoms with Crippen molar-refractivity contribution in [3.63, 3.8) is 0 Å². The molecule has 0 heterocycles. The van der Waals surface area contributed by atoms with Crippen LogP contribution < -0.4 is 22.9 Å². The quantitative estimate of drug-likeness (QED) is 0.202. The Morgan fingerprint density at radius 3 is 2.08 bits per heavy atom. The molecule has 0 radical (unpaired) electrons. The van der Waals surface area contributed by atoms with E-state index in [9.17, 15) is 9.59 Å². The molecule has 7 nitrogen and oxygen atoms in total. The summed E-state index contributed by atoms with van der Waals surface area (Å²) in [5.41, 5.74) is 20.3. The highest BCUT2D eigenvalue weighted by atomic mass is 16.2. The van der Waals surface area contributed by atoms with Crippen LogP contribution in [-0.2, 0) is 9.59 Å². The van der Waals surface area contributed by atoms with Gasteiger partial charge in [-0.1, -0.05) is 0 Å². The second kappa shape index (κ2) is 5.22. The summed E-state index contributed by atoms with van der Waals surface area (Å²) in [5.74, 6) is -1.88. The molecule has 1 amide bonds. The smallest absolute Gasteiger partial charge is 0.287 e. The maximum atomic E-state index is 11.0. The van der Waals surface area contributed by atoms with Gasteiger partial charge in [-0.05, 0) is 0 Å². The fourth-order valence-electron chi connectivity index (χ4n) is 0.635. The summed E-state index contributed by atoms with van der Waals surface area (Å²) in [6, 6.07) is -1.01. The summed E-state index contributed by atoms with van der Waals surface area (Å²) in [6.45, 7) is -0.120. The molecule has 0 aromatic rings. The Morgan fingerprint density at radius 1 is 1.23 bits per heavy atom. The van der Waals surface area contributed by atoms with Crippen molar-refractivity contribution >= 4 is 17.5 Å². The largest absolute Gasteiger partial charge is 0.386 e. The predicted octanol–water partition coefficient (Wildman–Crippen LogP) is -3.32. The number of Topliss-reactive ketones (excluding diaryl/α,β-unsaturated/α-hetero) is 1. The highest BCUT2D eigenvalue weighted by Gasteiger charge is 2.20. The molecule has 1 atom stereocenters. The average Bonchev–Trinajstić information content (AvgIpc) is 2.12. The first kappa shape index (κ1) is 11.5. The Balaban J connectivity index is 4.52. The van der Waals surface area contributed by atoms with E-state index in [0.717, 1.165) is 0 Å². The number of hydrogen-bond donors (Lipinski definition) is 4. The van der Waals surface area contributed by atoms with Gasteiger partial charge in [0.2, 0.25) is 5.78 Å². The van der Waals surface area contributed by atoms with Crippen molar-refractivity contribution in [3.8, 4) is 0 Å². The molecule has 0 rings (SSSR count). The number of carbonyl (C=O) groups excluding carboxylic acids is 2. The van der Waals surface area contributed by atoms with Gasteiger partial charge in [-0.25, -0.2) is 0 Å². The normalized spacial score (nSPS) is 13.8. The number of primary amides is 1. The Labute approximate surface area is 75.1 Å². The van der Waals surface area contributed by atoms with Gasteiger partial charge in [0.15, 0.2) is 0 Å². The fourth-order valence-corrected chi connectivity index (χ4v) is 0.635. The van der Waals surface area contributed by atoms with Gasteiger partial charge in [-0.2, -0.15) is 0 Å². The van der Waals surface area contributed by atoms with Gasteiger partial charge in [0, 0.05) is 6.54 Å². The van der Waals surface area contributed by atoms with Crippen molar-refractivity contribution in [1.29, 1.82) is 0 Å². The first-order chi connectivity index (χ1) is 6.02. The summed E-state index contributed by atoms with van der Waals surface area (Å²) in [6.07, 6.45) is 0. The number of aliphatic imine (C=N–C) groups is 1. The van der Waals surface area contributed by atoms with Crippen molar-refractivity contribution < 1.29 is 9.59 Å². The second-order valence-electron chi connectivity index (χ2n) is 2.30. The van der Waals surface area contributed by atoms with Gasteiger partial charge < -0.3 is 22.9 Å². The number of ketones is 1. The zero-order valence-corrected chi connectivity index (χ0v) is 7.06. The molecule has 1 unspecified atom stereocenters. The summed E-state index contributed by atoms with van der Waals surface area (Å²) in [4.78, 5) is 25.0. The first-order valence-electron chi connectivity index (χ1n) is 3.58. The molecule has 0 saturated carbocycles. The summed E-state index contributed by atoms with van der Waals surface area (Å²) in [5, 5.41) is 0. The van der Waals surface area contributed by atoms with Gasteiger partial charge in [0.1, 0.15) is 11.9 Å². The topological polar surface area (TPSA) is 151 Å². The van der Waals surface area contributed by atoms with Crippen LogP contribution in [-0.4, -0.2) is 36.7 Å². The van der Waals surface area contributed by atoms with E-state index in [1.165, 1.54) is 0 Å². The Hall–Kier alpha value is -1.47. The molecular weight excluding hydrogens is 174 g/mol. The van der Waals surface area contributed by atoms with Gasteiger partial charge in [0.05, 0.1) is 6.54 Å². The van der Waals surface area contributed by atoms with Crippen LogP contribution in [0.15, 0.2) is 4.99 Å². The van der Waals surface area contributed by atoms with E-state index in [4.69, 9.17) is 22.9 Å². The number of rotatable bonds is 5. The van der Waals surface area contributed by atoms with Crippen molar-refractivity contribution in [2.24, 2.45) is 27.9 Å². The van der Waals surface area contributed by atoms with E-state index in [1.807, 2.05) is 0 Å². The van der Waals surface area contributed by atoms with E-state index in [2.05, 4.69) is 4.99 Å². The Morgan fingerprint density at radius 2 is 1.77 bits per heavy atom. The number of carbonyl (C=O) groups is 2. The molecular formula is C6H13N5O2. The first-order valence-corrected chi connectivity index (χ1v) is 3.58. The molecule has 0 aromatic carbocycles. The number of amides is 1. The van der Waals surface area contributed by atoms with Crippen molar-refractivity contribution in [1.82, 2.24) is 0 Å². The molecule has 0 bridgehead atoms. The van der Waals surface area contributed by atoms with Gasteiger partial charge in [-0.15, -0.1) is 0 Å². The number of hydrogen-bond acceptors (Lipinski definition) is 5. The SMILES string of the molecule is NCC(N)=NC(CN)C(=O)C(N)=O.